The monoisotopic (exact) mass is 464 g/mol. The topological polar surface area (TPSA) is 71.8 Å². The van der Waals surface area contributed by atoms with Gasteiger partial charge in [0.25, 0.3) is 5.91 Å². The molecule has 6 nitrogen and oxygen atoms in total. The predicted molar refractivity (Wildman–Crippen MR) is 126 cm³/mol. The molecule has 1 aromatic heterocycles. The quantitative estimate of drug-likeness (QED) is 0.533. The third-order valence-corrected chi connectivity index (χ3v) is 5.82. The minimum atomic E-state index is -0.384. The van der Waals surface area contributed by atoms with Crippen molar-refractivity contribution in [3.05, 3.63) is 88.6 Å². The molecule has 1 aliphatic rings. The number of benzene rings is 2. The van der Waals surface area contributed by atoms with E-state index in [-0.39, 0.29) is 42.1 Å². The lowest BCUT2D eigenvalue weighted by molar-refractivity contribution is -0.132. The number of amides is 2. The number of nitrogens with one attached hydrogen (secondary N) is 1. The molecular formula is C27H29FN2O4. The maximum atomic E-state index is 14.1. The molecule has 4 rings (SSSR count). The maximum absolute atomic E-state index is 14.1. The van der Waals surface area contributed by atoms with Gasteiger partial charge in [0.05, 0.1) is 6.04 Å². The van der Waals surface area contributed by atoms with E-state index in [9.17, 15) is 14.0 Å². The van der Waals surface area contributed by atoms with Gasteiger partial charge in [-0.05, 0) is 73.4 Å². The maximum Gasteiger partial charge on any atom is 0.287 e. The first-order valence-electron chi connectivity index (χ1n) is 11.6. The van der Waals surface area contributed by atoms with Gasteiger partial charge in [-0.2, -0.15) is 0 Å². The lowest BCUT2D eigenvalue weighted by Gasteiger charge is -2.38. The molecule has 1 aliphatic heterocycles. The summed E-state index contributed by atoms with van der Waals surface area (Å²) in [5.41, 5.74) is 2.76. The highest BCUT2D eigenvalue weighted by atomic mass is 19.1. The van der Waals surface area contributed by atoms with Gasteiger partial charge >= 0.3 is 0 Å². The minimum absolute atomic E-state index is 0.0120. The Morgan fingerprint density at radius 2 is 2.00 bits per heavy atom. The molecule has 2 heterocycles. The van der Waals surface area contributed by atoms with Gasteiger partial charge in [0.1, 0.15) is 23.9 Å². The number of halogens is 1. The standard InChI is InChI=1S/C27H29FN2O4/c1-4-25(31)30-13-12-18-8-9-21(15-23(18)26(30)19-6-5-7-20(28)14-19)33-16-22-10-11-24(34-22)27(32)29-17(2)3/h5-11,14-15,17,26H,4,12-13,16H2,1-3H3,(H,29,32)/t26-/m1/s1. The number of carbonyl (C=O) groups is 2. The molecule has 0 aliphatic carbocycles. The molecule has 3 aromatic rings. The van der Waals surface area contributed by atoms with Crippen molar-refractivity contribution < 1.29 is 23.1 Å². The van der Waals surface area contributed by atoms with Crippen molar-refractivity contribution >= 4 is 11.8 Å². The summed E-state index contributed by atoms with van der Waals surface area (Å²) < 4.78 is 25.6. The van der Waals surface area contributed by atoms with Gasteiger partial charge in [0.2, 0.25) is 5.91 Å². The van der Waals surface area contributed by atoms with Crippen molar-refractivity contribution in [3.63, 3.8) is 0 Å². The highest BCUT2D eigenvalue weighted by molar-refractivity contribution is 5.91. The van der Waals surface area contributed by atoms with E-state index in [4.69, 9.17) is 9.15 Å². The van der Waals surface area contributed by atoms with Gasteiger partial charge in [0, 0.05) is 19.0 Å². The molecule has 0 saturated heterocycles. The average Bonchev–Trinajstić information content (AvgIpc) is 3.30. The smallest absolute Gasteiger partial charge is 0.287 e. The highest BCUT2D eigenvalue weighted by Gasteiger charge is 2.32. The fourth-order valence-electron chi connectivity index (χ4n) is 4.26. The number of hydrogen-bond acceptors (Lipinski definition) is 4. The number of carbonyl (C=O) groups excluding carboxylic acids is 2. The molecule has 1 atom stereocenters. The number of nitrogens with zero attached hydrogens (tertiary/aromatic N) is 1. The summed E-state index contributed by atoms with van der Waals surface area (Å²) in [6, 6.07) is 15.1. The Balaban J connectivity index is 1.58. The molecule has 0 radical (unpaired) electrons. The summed E-state index contributed by atoms with van der Waals surface area (Å²) in [6.07, 6.45) is 1.10. The molecule has 1 N–H and O–H groups in total. The zero-order valence-corrected chi connectivity index (χ0v) is 19.6. The van der Waals surface area contributed by atoms with Crippen LogP contribution in [0.1, 0.15) is 66.2 Å². The zero-order valence-electron chi connectivity index (χ0n) is 19.6. The van der Waals surface area contributed by atoms with Crippen LogP contribution >= 0.6 is 0 Å². The van der Waals surface area contributed by atoms with Gasteiger partial charge < -0.3 is 19.4 Å². The molecule has 7 heteroatoms. The highest BCUT2D eigenvalue weighted by Crippen LogP contribution is 2.37. The second-order valence-corrected chi connectivity index (χ2v) is 8.69. The number of furan rings is 1. The van der Waals surface area contributed by atoms with Gasteiger partial charge in [-0.15, -0.1) is 0 Å². The first kappa shape index (κ1) is 23.5. The largest absolute Gasteiger partial charge is 0.486 e. The summed E-state index contributed by atoms with van der Waals surface area (Å²) in [7, 11) is 0. The normalized spacial score (nSPS) is 15.2. The molecular weight excluding hydrogens is 435 g/mol. The lowest BCUT2D eigenvalue weighted by Crippen LogP contribution is -2.40. The van der Waals surface area contributed by atoms with E-state index < -0.39 is 0 Å². The summed E-state index contributed by atoms with van der Waals surface area (Å²) in [4.78, 5) is 26.6. The van der Waals surface area contributed by atoms with Gasteiger partial charge in [-0.1, -0.05) is 25.1 Å². The van der Waals surface area contributed by atoms with E-state index in [1.165, 1.54) is 12.1 Å². The van der Waals surface area contributed by atoms with Crippen molar-refractivity contribution in [2.75, 3.05) is 6.54 Å². The van der Waals surface area contributed by atoms with Crippen LogP contribution < -0.4 is 10.1 Å². The number of hydrogen-bond donors (Lipinski definition) is 1. The SMILES string of the molecule is CCC(=O)N1CCc2ccc(OCc3ccc(C(=O)NC(C)C)o3)cc2[C@H]1c1cccc(F)c1. The van der Waals surface area contributed by atoms with Crippen LogP contribution in [0.2, 0.25) is 0 Å². The van der Waals surface area contributed by atoms with Crippen LogP contribution in [-0.4, -0.2) is 29.3 Å². The van der Waals surface area contributed by atoms with E-state index in [1.54, 1.807) is 18.2 Å². The fraction of sp³-hybridized carbons (Fsp3) is 0.333. The Hall–Kier alpha value is -3.61. The van der Waals surface area contributed by atoms with Gasteiger partial charge in [0.15, 0.2) is 5.76 Å². The Labute approximate surface area is 198 Å². The molecule has 0 saturated carbocycles. The summed E-state index contributed by atoms with van der Waals surface area (Å²) in [6.45, 7) is 6.32. The molecule has 2 aromatic carbocycles. The first-order valence-corrected chi connectivity index (χ1v) is 11.6. The molecule has 0 unspecified atom stereocenters. The van der Waals surface area contributed by atoms with Crippen LogP contribution in [0.4, 0.5) is 4.39 Å². The number of rotatable bonds is 7. The molecule has 0 fully saturated rings. The van der Waals surface area contributed by atoms with Gasteiger partial charge in [-0.3, -0.25) is 9.59 Å². The Morgan fingerprint density at radius 3 is 2.74 bits per heavy atom. The van der Waals surface area contributed by atoms with Crippen LogP contribution in [0, 0.1) is 5.82 Å². The van der Waals surface area contributed by atoms with Gasteiger partial charge in [-0.25, -0.2) is 4.39 Å². The van der Waals surface area contributed by atoms with Crippen LogP contribution in [0.5, 0.6) is 5.75 Å². The number of ether oxygens (including phenoxy) is 1. The summed E-state index contributed by atoms with van der Waals surface area (Å²) in [5, 5.41) is 2.79. The summed E-state index contributed by atoms with van der Waals surface area (Å²) >= 11 is 0. The number of fused-ring (bicyclic) bond motifs is 1. The Morgan fingerprint density at radius 1 is 1.18 bits per heavy atom. The van der Waals surface area contributed by atoms with E-state index in [0.717, 1.165) is 23.1 Å². The molecule has 0 bridgehead atoms. The van der Waals surface area contributed by atoms with Crippen molar-refractivity contribution in [2.45, 2.75) is 52.3 Å². The Bertz CT molecular complexity index is 1190. The fourth-order valence-corrected chi connectivity index (χ4v) is 4.26. The van der Waals surface area contributed by atoms with Crippen LogP contribution in [0.25, 0.3) is 0 Å². The van der Waals surface area contributed by atoms with Crippen LogP contribution in [-0.2, 0) is 17.8 Å². The van der Waals surface area contributed by atoms with E-state index in [2.05, 4.69) is 5.32 Å². The molecule has 34 heavy (non-hydrogen) atoms. The van der Waals surface area contributed by atoms with Crippen molar-refractivity contribution in [1.29, 1.82) is 0 Å². The van der Waals surface area contributed by atoms with Crippen molar-refractivity contribution in [3.8, 4) is 5.75 Å². The Kier molecular flexibility index (Phi) is 7.01. The summed E-state index contributed by atoms with van der Waals surface area (Å²) in [5.74, 6) is 0.781. The second kappa shape index (κ2) is 10.1. The third-order valence-electron chi connectivity index (χ3n) is 5.82. The van der Waals surface area contributed by atoms with Crippen LogP contribution in [0.3, 0.4) is 0 Å². The minimum Gasteiger partial charge on any atom is -0.486 e. The lowest BCUT2D eigenvalue weighted by atomic mass is 9.87. The zero-order chi connectivity index (χ0) is 24.2. The van der Waals surface area contributed by atoms with Crippen LogP contribution in [0.15, 0.2) is 59.0 Å². The average molecular weight is 465 g/mol. The third kappa shape index (κ3) is 5.14. The molecule has 0 spiro atoms. The van der Waals surface area contributed by atoms with Crippen molar-refractivity contribution in [1.82, 2.24) is 10.2 Å². The predicted octanol–water partition coefficient (Wildman–Crippen LogP) is 5.02. The van der Waals surface area contributed by atoms with Crippen molar-refractivity contribution in [2.24, 2.45) is 0 Å². The van der Waals surface area contributed by atoms with E-state index in [0.29, 0.717) is 24.5 Å². The van der Waals surface area contributed by atoms with E-state index >= 15 is 0 Å². The second-order valence-electron chi connectivity index (χ2n) is 8.69. The molecule has 2 amide bonds. The van der Waals surface area contributed by atoms with E-state index in [1.807, 2.05) is 49.9 Å². The molecule has 178 valence electrons. The first-order chi connectivity index (χ1) is 16.4.